The van der Waals surface area contributed by atoms with Gasteiger partial charge in [-0.1, -0.05) is 0 Å². The van der Waals surface area contributed by atoms with E-state index in [9.17, 15) is 0 Å². The van der Waals surface area contributed by atoms with Crippen molar-refractivity contribution >= 4 is 27.3 Å². The van der Waals surface area contributed by atoms with Gasteiger partial charge >= 0.3 is 0 Å². The summed E-state index contributed by atoms with van der Waals surface area (Å²) >= 11 is 5.09. The minimum absolute atomic E-state index is 0.790. The Bertz CT molecular complexity index is 441. The van der Waals surface area contributed by atoms with E-state index >= 15 is 0 Å². The SMILES string of the molecule is COc1sc(CNCc2ccn[nH]2)cc1Br. The number of halogens is 1. The number of thiophene rings is 1. The fraction of sp³-hybridized carbons (Fsp3) is 0.300. The fourth-order valence-electron chi connectivity index (χ4n) is 1.33. The fourth-order valence-corrected chi connectivity index (χ4v) is 2.99. The van der Waals surface area contributed by atoms with Crippen molar-refractivity contribution in [2.24, 2.45) is 0 Å². The van der Waals surface area contributed by atoms with Crippen LogP contribution in [0.3, 0.4) is 0 Å². The van der Waals surface area contributed by atoms with E-state index in [1.165, 1.54) is 4.88 Å². The van der Waals surface area contributed by atoms with Gasteiger partial charge in [0, 0.05) is 29.9 Å². The molecule has 86 valence electrons. The summed E-state index contributed by atoms with van der Waals surface area (Å²) in [5, 5.41) is 11.0. The Hall–Kier alpha value is -0.850. The van der Waals surface area contributed by atoms with Gasteiger partial charge in [0.15, 0.2) is 5.06 Å². The van der Waals surface area contributed by atoms with Crippen molar-refractivity contribution in [2.75, 3.05) is 7.11 Å². The van der Waals surface area contributed by atoms with Crippen LogP contribution in [0.25, 0.3) is 0 Å². The number of aromatic amines is 1. The van der Waals surface area contributed by atoms with Crippen LogP contribution < -0.4 is 10.1 Å². The molecule has 2 heterocycles. The quantitative estimate of drug-likeness (QED) is 0.892. The number of hydrogen-bond donors (Lipinski definition) is 2. The molecule has 0 radical (unpaired) electrons. The van der Waals surface area contributed by atoms with Crippen molar-refractivity contribution < 1.29 is 4.74 Å². The zero-order valence-electron chi connectivity index (χ0n) is 8.79. The lowest BCUT2D eigenvalue weighted by Crippen LogP contribution is -2.11. The Morgan fingerprint density at radius 1 is 1.56 bits per heavy atom. The van der Waals surface area contributed by atoms with Crippen LogP contribution in [-0.2, 0) is 13.1 Å². The molecule has 4 nitrogen and oxygen atoms in total. The zero-order valence-corrected chi connectivity index (χ0v) is 11.2. The van der Waals surface area contributed by atoms with Crippen LogP contribution in [0.2, 0.25) is 0 Å². The summed E-state index contributed by atoms with van der Waals surface area (Å²) in [4.78, 5) is 1.24. The zero-order chi connectivity index (χ0) is 11.4. The molecular formula is C10H12BrN3OS. The Morgan fingerprint density at radius 3 is 3.06 bits per heavy atom. The number of hydrogen-bond acceptors (Lipinski definition) is 4. The molecule has 2 rings (SSSR count). The molecule has 2 N–H and O–H groups in total. The summed E-state index contributed by atoms with van der Waals surface area (Å²) in [6, 6.07) is 4.03. The highest BCUT2D eigenvalue weighted by Crippen LogP contribution is 2.34. The van der Waals surface area contributed by atoms with Crippen molar-refractivity contribution in [1.29, 1.82) is 0 Å². The molecule has 2 aromatic heterocycles. The standard InChI is InChI=1S/C10H12BrN3OS/c1-15-10-9(11)4-8(16-10)6-12-5-7-2-3-13-14-7/h2-4,12H,5-6H2,1H3,(H,13,14). The molecule has 0 unspecified atom stereocenters. The number of nitrogens with one attached hydrogen (secondary N) is 2. The summed E-state index contributed by atoms with van der Waals surface area (Å²) in [5.74, 6) is 0. The van der Waals surface area contributed by atoms with Gasteiger partial charge in [0.2, 0.25) is 0 Å². The normalized spacial score (nSPS) is 10.6. The third-order valence-corrected chi connectivity index (χ3v) is 4.01. The maximum atomic E-state index is 5.21. The summed E-state index contributed by atoms with van der Waals surface area (Å²) in [6.07, 6.45) is 1.75. The van der Waals surface area contributed by atoms with E-state index in [0.29, 0.717) is 0 Å². The first kappa shape index (κ1) is 11.6. The second-order valence-electron chi connectivity index (χ2n) is 3.24. The lowest BCUT2D eigenvalue weighted by atomic mass is 10.4. The smallest absolute Gasteiger partial charge is 0.188 e. The molecule has 0 spiro atoms. The second-order valence-corrected chi connectivity index (χ2v) is 5.19. The van der Waals surface area contributed by atoms with Crippen molar-refractivity contribution in [3.8, 4) is 5.06 Å². The third kappa shape index (κ3) is 2.84. The van der Waals surface area contributed by atoms with Crippen LogP contribution in [0.15, 0.2) is 22.8 Å². The van der Waals surface area contributed by atoms with E-state index < -0.39 is 0 Å². The highest BCUT2D eigenvalue weighted by atomic mass is 79.9. The van der Waals surface area contributed by atoms with Gasteiger partial charge < -0.3 is 10.1 Å². The average molecular weight is 302 g/mol. The molecule has 0 fully saturated rings. The maximum absolute atomic E-state index is 5.21. The highest BCUT2D eigenvalue weighted by molar-refractivity contribution is 9.10. The van der Waals surface area contributed by atoms with E-state index in [-0.39, 0.29) is 0 Å². The van der Waals surface area contributed by atoms with Gasteiger partial charge in [-0.05, 0) is 28.1 Å². The molecule has 0 aromatic carbocycles. The summed E-state index contributed by atoms with van der Waals surface area (Å²) in [7, 11) is 1.68. The molecule has 0 amide bonds. The molecular weight excluding hydrogens is 290 g/mol. The molecule has 0 aliphatic carbocycles. The van der Waals surface area contributed by atoms with Crippen LogP contribution in [0, 0.1) is 0 Å². The van der Waals surface area contributed by atoms with E-state index in [1.807, 2.05) is 6.07 Å². The van der Waals surface area contributed by atoms with Gasteiger partial charge in [0.1, 0.15) is 0 Å². The van der Waals surface area contributed by atoms with Crippen molar-refractivity contribution in [3.63, 3.8) is 0 Å². The maximum Gasteiger partial charge on any atom is 0.188 e. The van der Waals surface area contributed by atoms with Gasteiger partial charge in [-0.2, -0.15) is 5.10 Å². The average Bonchev–Trinajstić information content (AvgIpc) is 2.88. The van der Waals surface area contributed by atoms with E-state index in [0.717, 1.165) is 28.3 Å². The monoisotopic (exact) mass is 301 g/mol. The predicted octanol–water partition coefficient (Wildman–Crippen LogP) is 2.53. The second kappa shape index (κ2) is 5.47. The molecule has 0 saturated carbocycles. The number of rotatable bonds is 5. The number of methoxy groups -OCH3 is 1. The van der Waals surface area contributed by atoms with Crippen LogP contribution in [0.4, 0.5) is 0 Å². The molecule has 0 aliphatic heterocycles. The molecule has 0 atom stereocenters. The van der Waals surface area contributed by atoms with E-state index in [1.54, 1.807) is 24.6 Å². The number of aromatic nitrogens is 2. The lowest BCUT2D eigenvalue weighted by Gasteiger charge is -1.99. The van der Waals surface area contributed by atoms with Crippen molar-refractivity contribution in [2.45, 2.75) is 13.1 Å². The van der Waals surface area contributed by atoms with Crippen LogP contribution in [-0.4, -0.2) is 17.3 Å². The largest absolute Gasteiger partial charge is 0.486 e. The van der Waals surface area contributed by atoms with Gasteiger partial charge in [0.25, 0.3) is 0 Å². The molecule has 0 saturated heterocycles. The molecule has 2 aromatic rings. The highest BCUT2D eigenvalue weighted by Gasteiger charge is 2.06. The third-order valence-electron chi connectivity index (χ3n) is 2.06. The van der Waals surface area contributed by atoms with Gasteiger partial charge in [-0.3, -0.25) is 5.10 Å². The summed E-state index contributed by atoms with van der Waals surface area (Å²) in [6.45, 7) is 1.61. The minimum Gasteiger partial charge on any atom is -0.486 e. The molecule has 16 heavy (non-hydrogen) atoms. The Balaban J connectivity index is 1.85. The Kier molecular flexibility index (Phi) is 3.98. The first-order valence-corrected chi connectivity index (χ1v) is 6.41. The molecule has 0 bridgehead atoms. The number of nitrogens with zero attached hydrogens (tertiary/aromatic N) is 1. The van der Waals surface area contributed by atoms with Crippen LogP contribution >= 0.6 is 27.3 Å². The Morgan fingerprint density at radius 2 is 2.44 bits per heavy atom. The van der Waals surface area contributed by atoms with Crippen molar-refractivity contribution in [3.05, 3.63) is 33.4 Å². The summed E-state index contributed by atoms with van der Waals surface area (Å²) in [5.41, 5.74) is 1.09. The first-order chi connectivity index (χ1) is 7.79. The lowest BCUT2D eigenvalue weighted by molar-refractivity contribution is 0.425. The molecule has 6 heteroatoms. The van der Waals surface area contributed by atoms with E-state index in [2.05, 4.69) is 37.5 Å². The van der Waals surface area contributed by atoms with Gasteiger partial charge in [-0.15, -0.1) is 11.3 Å². The van der Waals surface area contributed by atoms with Crippen molar-refractivity contribution in [1.82, 2.24) is 15.5 Å². The summed E-state index contributed by atoms with van der Waals surface area (Å²) < 4.78 is 6.22. The topological polar surface area (TPSA) is 49.9 Å². The molecule has 0 aliphatic rings. The van der Waals surface area contributed by atoms with Gasteiger partial charge in [0.05, 0.1) is 11.6 Å². The number of ether oxygens (including phenoxy) is 1. The van der Waals surface area contributed by atoms with E-state index in [4.69, 9.17) is 4.74 Å². The van der Waals surface area contributed by atoms with Crippen LogP contribution in [0.1, 0.15) is 10.6 Å². The minimum atomic E-state index is 0.790. The van der Waals surface area contributed by atoms with Gasteiger partial charge in [-0.25, -0.2) is 0 Å². The van der Waals surface area contributed by atoms with Crippen LogP contribution in [0.5, 0.6) is 5.06 Å². The predicted molar refractivity (Wildman–Crippen MR) is 67.7 cm³/mol. The number of H-pyrrole nitrogens is 1. The Labute approximate surface area is 106 Å². The first-order valence-electron chi connectivity index (χ1n) is 4.80.